The fraction of sp³-hybridized carbons (Fsp3) is 0.111. The Bertz CT molecular complexity index is 1280. The van der Waals surface area contributed by atoms with Gasteiger partial charge in [-0.05, 0) is 11.5 Å². The van der Waals surface area contributed by atoms with E-state index in [9.17, 15) is 19.5 Å². The van der Waals surface area contributed by atoms with Crippen LogP contribution in [-0.2, 0) is 14.1 Å². The zero-order valence-corrected chi connectivity index (χ0v) is 14.5. The van der Waals surface area contributed by atoms with Gasteiger partial charge in [-0.25, -0.2) is 14.6 Å². The maximum absolute atomic E-state index is 11.4. The van der Waals surface area contributed by atoms with Crippen molar-refractivity contribution < 1.29 is 15.0 Å². The maximum atomic E-state index is 11.4. The molecule has 0 saturated carbocycles. The number of nitrogens with one attached hydrogen (secondary N) is 1. The number of aromatic hydroxyl groups is 1. The Hall–Kier alpha value is -3.88. The van der Waals surface area contributed by atoms with Crippen LogP contribution < -0.4 is 11.2 Å². The summed E-state index contributed by atoms with van der Waals surface area (Å²) in [5.74, 6) is -1.29. The second-order valence-corrected chi connectivity index (χ2v) is 5.79. The highest BCUT2D eigenvalue weighted by atomic mass is 16.4. The molecule has 9 heteroatoms. The molecule has 0 amide bonds. The molecule has 9 nitrogen and oxygen atoms in total. The van der Waals surface area contributed by atoms with Gasteiger partial charge in [-0.3, -0.25) is 13.9 Å². The minimum absolute atomic E-state index is 0.0660. The largest absolute Gasteiger partial charge is 0.506 e. The Morgan fingerprint density at radius 3 is 2.48 bits per heavy atom. The number of benzene rings is 2. The van der Waals surface area contributed by atoms with Crippen molar-refractivity contribution in [1.29, 1.82) is 0 Å². The lowest BCUT2D eigenvalue weighted by atomic mass is 10.1. The number of hydrogen-bond donors (Lipinski definition) is 3. The first-order chi connectivity index (χ1) is 12.8. The number of carbonyl (C=O) groups is 1. The Labute approximate surface area is 151 Å². The fourth-order valence-electron chi connectivity index (χ4n) is 2.70. The van der Waals surface area contributed by atoms with E-state index in [-0.39, 0.29) is 22.6 Å². The molecular weight excluding hydrogens is 352 g/mol. The van der Waals surface area contributed by atoms with E-state index in [0.29, 0.717) is 16.6 Å². The predicted octanol–water partition coefficient (Wildman–Crippen LogP) is 1.20. The van der Waals surface area contributed by atoms with Crippen molar-refractivity contribution in [2.45, 2.75) is 0 Å². The Morgan fingerprint density at radius 1 is 1.07 bits per heavy atom. The topological polar surface area (TPSA) is 130 Å². The number of H-pyrrole nitrogens is 1. The Morgan fingerprint density at radius 2 is 1.78 bits per heavy atom. The van der Waals surface area contributed by atoms with E-state index in [1.54, 1.807) is 25.2 Å². The van der Waals surface area contributed by atoms with E-state index in [2.05, 4.69) is 9.97 Å². The number of fused-ring (bicyclic) bond motifs is 2. The molecular formula is C18H16N4O5. The second kappa shape index (κ2) is 6.79. The van der Waals surface area contributed by atoms with E-state index in [1.165, 1.54) is 24.0 Å². The van der Waals surface area contributed by atoms with Crippen molar-refractivity contribution in [3.05, 3.63) is 69.1 Å². The molecule has 0 aliphatic carbocycles. The zero-order valence-electron chi connectivity index (χ0n) is 14.5. The summed E-state index contributed by atoms with van der Waals surface area (Å²) in [5.41, 5.74) is -0.0541. The normalized spacial score (nSPS) is 10.6. The van der Waals surface area contributed by atoms with Crippen LogP contribution in [0, 0.1) is 0 Å². The summed E-state index contributed by atoms with van der Waals surface area (Å²) in [4.78, 5) is 40.1. The number of carboxylic acids is 1. The molecule has 0 saturated heterocycles. The monoisotopic (exact) mass is 368 g/mol. The summed E-state index contributed by atoms with van der Waals surface area (Å²) in [6, 6.07) is 10.2. The smallest absolute Gasteiger partial charge is 0.339 e. The first-order valence-electron chi connectivity index (χ1n) is 7.86. The molecule has 0 unspecified atom stereocenters. The Kier molecular flexibility index (Phi) is 4.51. The third-order valence-electron chi connectivity index (χ3n) is 4.16. The molecule has 3 N–H and O–H groups in total. The van der Waals surface area contributed by atoms with Crippen LogP contribution in [-0.4, -0.2) is 35.3 Å². The van der Waals surface area contributed by atoms with E-state index >= 15 is 0 Å². The number of aromatic amines is 1. The molecule has 2 heterocycles. The van der Waals surface area contributed by atoms with Gasteiger partial charge in [0.1, 0.15) is 16.8 Å². The first-order valence-corrected chi connectivity index (χ1v) is 7.86. The summed E-state index contributed by atoms with van der Waals surface area (Å²) in [6.07, 6.45) is 1.39. The first kappa shape index (κ1) is 17.9. The van der Waals surface area contributed by atoms with Crippen molar-refractivity contribution in [2.24, 2.45) is 14.1 Å². The Balaban J connectivity index is 0.000000156. The van der Waals surface area contributed by atoms with Crippen molar-refractivity contribution in [1.82, 2.24) is 19.1 Å². The van der Waals surface area contributed by atoms with Crippen LogP contribution in [0.25, 0.3) is 21.9 Å². The van der Waals surface area contributed by atoms with Crippen LogP contribution >= 0.6 is 0 Å². The highest BCUT2D eigenvalue weighted by Gasteiger charge is 2.11. The zero-order chi connectivity index (χ0) is 19.7. The molecule has 0 atom stereocenters. The second-order valence-electron chi connectivity index (χ2n) is 5.79. The van der Waals surface area contributed by atoms with Crippen molar-refractivity contribution in [3.63, 3.8) is 0 Å². The summed E-state index contributed by atoms with van der Waals surface area (Å²) in [6.45, 7) is 0. The van der Waals surface area contributed by atoms with Gasteiger partial charge in [0.05, 0.1) is 6.33 Å². The quantitative estimate of drug-likeness (QED) is 0.463. The van der Waals surface area contributed by atoms with Crippen LogP contribution in [0.15, 0.2) is 52.3 Å². The van der Waals surface area contributed by atoms with Gasteiger partial charge in [0.15, 0.2) is 5.65 Å². The van der Waals surface area contributed by atoms with Gasteiger partial charge in [0, 0.05) is 19.5 Å². The van der Waals surface area contributed by atoms with E-state index in [0.717, 1.165) is 9.95 Å². The molecule has 2 aromatic heterocycles. The van der Waals surface area contributed by atoms with Crippen molar-refractivity contribution >= 4 is 27.9 Å². The highest BCUT2D eigenvalue weighted by Crippen LogP contribution is 2.28. The fourth-order valence-corrected chi connectivity index (χ4v) is 2.70. The SMILES string of the molecule is Cn1c(=O)c2[nH]cnc2n(C)c1=O.O=C(O)c1ccc2ccccc2c1O. The third-order valence-corrected chi connectivity index (χ3v) is 4.16. The summed E-state index contributed by atoms with van der Waals surface area (Å²) >= 11 is 0. The predicted molar refractivity (Wildman–Crippen MR) is 99.1 cm³/mol. The van der Waals surface area contributed by atoms with E-state index in [4.69, 9.17) is 5.11 Å². The molecule has 138 valence electrons. The van der Waals surface area contributed by atoms with Crippen LogP contribution in [0.3, 0.4) is 0 Å². The lowest BCUT2D eigenvalue weighted by molar-refractivity contribution is 0.0694. The lowest BCUT2D eigenvalue weighted by Gasteiger charge is -2.03. The summed E-state index contributed by atoms with van der Waals surface area (Å²) in [5, 5.41) is 19.8. The van der Waals surface area contributed by atoms with Gasteiger partial charge in [-0.15, -0.1) is 0 Å². The molecule has 0 aliphatic rings. The van der Waals surface area contributed by atoms with Gasteiger partial charge < -0.3 is 15.2 Å². The molecule has 0 aliphatic heterocycles. The molecule has 4 aromatic rings. The van der Waals surface area contributed by atoms with Crippen LogP contribution in [0.4, 0.5) is 0 Å². The minimum atomic E-state index is -1.12. The van der Waals surface area contributed by atoms with Crippen LogP contribution in [0.1, 0.15) is 10.4 Å². The minimum Gasteiger partial charge on any atom is -0.506 e. The number of carboxylic acid groups (broad SMARTS) is 1. The molecule has 0 bridgehead atoms. The molecule has 0 radical (unpaired) electrons. The number of hydrogen-bond acceptors (Lipinski definition) is 5. The van der Waals surface area contributed by atoms with Gasteiger partial charge >= 0.3 is 11.7 Å². The average molecular weight is 368 g/mol. The van der Waals surface area contributed by atoms with E-state index in [1.807, 2.05) is 12.1 Å². The average Bonchev–Trinajstić information content (AvgIpc) is 3.15. The van der Waals surface area contributed by atoms with Crippen LogP contribution in [0.2, 0.25) is 0 Å². The summed E-state index contributed by atoms with van der Waals surface area (Å²) in [7, 11) is 3.01. The number of aromatic nitrogens is 4. The van der Waals surface area contributed by atoms with Gasteiger partial charge in [-0.1, -0.05) is 30.3 Å². The lowest BCUT2D eigenvalue weighted by Crippen LogP contribution is -2.36. The van der Waals surface area contributed by atoms with E-state index < -0.39 is 5.97 Å². The number of nitrogens with zero attached hydrogens (tertiary/aromatic N) is 3. The number of imidazole rings is 1. The van der Waals surface area contributed by atoms with Crippen LogP contribution in [0.5, 0.6) is 5.75 Å². The number of aromatic carboxylic acids is 1. The maximum Gasteiger partial charge on any atom is 0.339 e. The molecule has 4 rings (SSSR count). The summed E-state index contributed by atoms with van der Waals surface area (Å²) < 4.78 is 2.37. The van der Waals surface area contributed by atoms with Gasteiger partial charge in [0.25, 0.3) is 5.56 Å². The number of aryl methyl sites for hydroxylation is 1. The highest BCUT2D eigenvalue weighted by molar-refractivity contribution is 6.00. The molecule has 0 spiro atoms. The molecule has 2 aromatic carbocycles. The molecule has 27 heavy (non-hydrogen) atoms. The third kappa shape index (κ3) is 3.06. The standard InChI is InChI=1S/C11H8O3.C7H8N4O2/c12-10-8-4-2-1-3-7(8)5-6-9(10)11(13)14;1-10-5-4(8-3-9-5)6(12)11(2)7(10)13/h1-6,12H,(H,13,14);3H,1-2H3,(H,8,9). The van der Waals surface area contributed by atoms with Gasteiger partial charge in [0.2, 0.25) is 0 Å². The number of phenols is 1. The van der Waals surface area contributed by atoms with Gasteiger partial charge in [-0.2, -0.15) is 0 Å². The number of rotatable bonds is 1. The van der Waals surface area contributed by atoms with Crippen molar-refractivity contribution in [3.8, 4) is 5.75 Å². The van der Waals surface area contributed by atoms with Crippen molar-refractivity contribution in [2.75, 3.05) is 0 Å². The molecule has 0 fully saturated rings.